The first kappa shape index (κ1) is 15.2. The number of ether oxygens (including phenoxy) is 1. The number of nitrogens with zero attached hydrogens (tertiary/aromatic N) is 1. The van der Waals surface area contributed by atoms with Crippen LogP contribution in [0.2, 0.25) is 0 Å². The largest absolute Gasteiger partial charge is 0.376 e. The second kappa shape index (κ2) is 5.94. The van der Waals surface area contributed by atoms with Crippen LogP contribution in [-0.4, -0.2) is 42.6 Å². The summed E-state index contributed by atoms with van der Waals surface area (Å²) in [7, 11) is 0. The lowest BCUT2D eigenvalue weighted by Gasteiger charge is -2.26. The zero-order valence-corrected chi connectivity index (χ0v) is 13.7. The third-order valence-electron chi connectivity index (χ3n) is 4.97. The number of rotatable bonds is 3. The maximum Gasteiger partial charge on any atom is 0.319 e. The molecule has 0 aromatic heterocycles. The molecule has 1 aromatic carbocycles. The van der Waals surface area contributed by atoms with Crippen LogP contribution in [0.3, 0.4) is 0 Å². The highest BCUT2D eigenvalue weighted by atomic mass is 16.5. The van der Waals surface area contributed by atoms with Gasteiger partial charge in [-0.2, -0.15) is 0 Å². The van der Waals surface area contributed by atoms with Gasteiger partial charge in [0.25, 0.3) is 5.91 Å². The van der Waals surface area contributed by atoms with Crippen LogP contribution in [0.15, 0.2) is 35.5 Å². The fraction of sp³-hybridized carbons (Fsp3) is 0.444. The van der Waals surface area contributed by atoms with Crippen LogP contribution in [0.1, 0.15) is 30.0 Å². The summed E-state index contributed by atoms with van der Waals surface area (Å²) in [4.78, 5) is 26.8. The Labute approximate surface area is 140 Å². The molecule has 3 heterocycles. The van der Waals surface area contributed by atoms with E-state index >= 15 is 0 Å². The van der Waals surface area contributed by atoms with Gasteiger partial charge in [0.05, 0.1) is 30.0 Å². The molecule has 3 aliphatic heterocycles. The van der Waals surface area contributed by atoms with Crippen LogP contribution in [0.5, 0.6) is 0 Å². The summed E-state index contributed by atoms with van der Waals surface area (Å²) in [5, 5.41) is 5.71. The molecule has 2 N–H and O–H groups in total. The Morgan fingerprint density at radius 1 is 1.29 bits per heavy atom. The first-order valence-corrected chi connectivity index (χ1v) is 8.40. The van der Waals surface area contributed by atoms with Crippen molar-refractivity contribution in [3.8, 4) is 0 Å². The number of benzene rings is 1. The van der Waals surface area contributed by atoms with Gasteiger partial charge >= 0.3 is 6.03 Å². The van der Waals surface area contributed by atoms with Crippen LogP contribution in [0.25, 0.3) is 0 Å². The molecule has 0 spiro atoms. The Hall–Kier alpha value is -2.34. The van der Waals surface area contributed by atoms with Crippen LogP contribution in [0.4, 0.5) is 4.79 Å². The summed E-state index contributed by atoms with van der Waals surface area (Å²) in [6.45, 7) is 3.79. The maximum absolute atomic E-state index is 13.0. The molecular weight excluding hydrogens is 306 g/mol. The highest BCUT2D eigenvalue weighted by Crippen LogP contribution is 2.34. The topological polar surface area (TPSA) is 70.7 Å². The third kappa shape index (κ3) is 2.57. The molecule has 6 heteroatoms. The smallest absolute Gasteiger partial charge is 0.319 e. The van der Waals surface area contributed by atoms with E-state index < -0.39 is 6.04 Å². The van der Waals surface area contributed by atoms with Gasteiger partial charge in [-0.25, -0.2) is 4.79 Å². The first-order valence-electron chi connectivity index (χ1n) is 8.40. The van der Waals surface area contributed by atoms with Crippen molar-refractivity contribution in [2.24, 2.45) is 0 Å². The lowest BCUT2D eigenvalue weighted by molar-refractivity contribution is -0.127. The van der Waals surface area contributed by atoms with Gasteiger partial charge in [0, 0.05) is 13.2 Å². The summed E-state index contributed by atoms with van der Waals surface area (Å²) >= 11 is 0. The quantitative estimate of drug-likeness (QED) is 0.886. The summed E-state index contributed by atoms with van der Waals surface area (Å²) in [6.07, 6.45) is 2.14. The molecule has 1 fully saturated rings. The molecular formula is C18H21N3O3. The van der Waals surface area contributed by atoms with Gasteiger partial charge in [0.15, 0.2) is 0 Å². The van der Waals surface area contributed by atoms with E-state index in [4.69, 9.17) is 4.74 Å². The van der Waals surface area contributed by atoms with Crippen molar-refractivity contribution >= 4 is 11.9 Å². The van der Waals surface area contributed by atoms with Crippen LogP contribution in [-0.2, 0) is 9.53 Å². The average molecular weight is 327 g/mol. The van der Waals surface area contributed by atoms with E-state index in [9.17, 15) is 9.59 Å². The van der Waals surface area contributed by atoms with Crippen molar-refractivity contribution in [2.75, 3.05) is 19.7 Å². The van der Waals surface area contributed by atoms with Crippen LogP contribution >= 0.6 is 0 Å². The molecule has 0 radical (unpaired) electrons. The van der Waals surface area contributed by atoms with Crippen molar-refractivity contribution in [1.82, 2.24) is 15.5 Å². The van der Waals surface area contributed by atoms with Gasteiger partial charge in [0.2, 0.25) is 0 Å². The van der Waals surface area contributed by atoms with Crippen molar-refractivity contribution in [3.05, 3.63) is 46.7 Å². The van der Waals surface area contributed by atoms with Crippen LogP contribution in [0, 0.1) is 6.92 Å². The Kier molecular flexibility index (Phi) is 3.76. The number of hydrogen-bond donors (Lipinski definition) is 2. The minimum Gasteiger partial charge on any atom is -0.376 e. The predicted octanol–water partition coefficient (Wildman–Crippen LogP) is 1.62. The second-order valence-electron chi connectivity index (χ2n) is 6.60. The Morgan fingerprint density at radius 2 is 2.12 bits per heavy atom. The minimum absolute atomic E-state index is 0.0127. The summed E-state index contributed by atoms with van der Waals surface area (Å²) in [6, 6.07) is 7.20. The average Bonchev–Trinajstić information content (AvgIpc) is 3.16. The summed E-state index contributed by atoms with van der Waals surface area (Å²) in [5.41, 5.74) is 3.39. The fourth-order valence-corrected chi connectivity index (χ4v) is 3.75. The predicted molar refractivity (Wildman–Crippen MR) is 88.2 cm³/mol. The molecule has 126 valence electrons. The van der Waals surface area contributed by atoms with Crippen molar-refractivity contribution < 1.29 is 14.3 Å². The van der Waals surface area contributed by atoms with Crippen LogP contribution < -0.4 is 10.6 Å². The van der Waals surface area contributed by atoms with E-state index in [1.807, 2.05) is 31.2 Å². The van der Waals surface area contributed by atoms with Crippen molar-refractivity contribution in [3.63, 3.8) is 0 Å². The zero-order chi connectivity index (χ0) is 16.7. The van der Waals surface area contributed by atoms with Gasteiger partial charge in [-0.15, -0.1) is 0 Å². The standard InChI is InChI=1S/C18H21N3O3/c1-11-5-2-3-7-13(11)16-15-14(19-18(23)20-16)10-21(17(15)22)9-12-6-4-8-24-12/h2-3,5,7,12,16H,4,6,8-10H2,1H3,(H2,19,20,23)/t12-,16-/m0/s1. The highest BCUT2D eigenvalue weighted by Gasteiger charge is 2.41. The Morgan fingerprint density at radius 3 is 2.88 bits per heavy atom. The molecule has 6 nitrogen and oxygen atoms in total. The molecule has 0 bridgehead atoms. The molecule has 0 saturated carbocycles. The maximum atomic E-state index is 13.0. The van der Waals surface area contributed by atoms with Gasteiger partial charge in [-0.3, -0.25) is 4.79 Å². The SMILES string of the molecule is Cc1ccccc1[C@@H]1NC(=O)NC2=C1C(=O)N(C[C@@H]1CCCO1)C2. The number of aryl methyl sites for hydroxylation is 1. The molecule has 1 aromatic rings. The fourth-order valence-electron chi connectivity index (χ4n) is 3.75. The normalized spacial score (nSPS) is 26.5. The molecule has 4 rings (SSSR count). The first-order chi connectivity index (χ1) is 11.6. The van der Waals surface area contributed by atoms with E-state index in [0.717, 1.165) is 36.3 Å². The highest BCUT2D eigenvalue weighted by molar-refractivity contribution is 6.01. The minimum atomic E-state index is -0.392. The third-order valence-corrected chi connectivity index (χ3v) is 4.97. The van der Waals surface area contributed by atoms with Crippen molar-refractivity contribution in [2.45, 2.75) is 31.9 Å². The van der Waals surface area contributed by atoms with Gasteiger partial charge < -0.3 is 20.3 Å². The summed E-state index contributed by atoms with van der Waals surface area (Å²) in [5.74, 6) is -0.0127. The van der Waals surface area contributed by atoms with E-state index in [2.05, 4.69) is 10.6 Å². The summed E-state index contributed by atoms with van der Waals surface area (Å²) < 4.78 is 5.65. The number of carbonyl (C=O) groups excluding carboxylic acids is 2. The van der Waals surface area contributed by atoms with E-state index in [0.29, 0.717) is 18.7 Å². The Balaban J connectivity index is 1.62. The zero-order valence-electron chi connectivity index (χ0n) is 13.7. The number of hydrogen-bond acceptors (Lipinski definition) is 3. The molecule has 1 saturated heterocycles. The molecule has 2 atom stereocenters. The monoisotopic (exact) mass is 327 g/mol. The molecule has 3 amide bonds. The van der Waals surface area contributed by atoms with E-state index in [1.165, 1.54) is 0 Å². The van der Waals surface area contributed by atoms with Gasteiger partial charge in [-0.05, 0) is 30.9 Å². The number of carbonyl (C=O) groups is 2. The van der Waals surface area contributed by atoms with E-state index in [-0.39, 0.29) is 18.0 Å². The molecule has 3 aliphatic rings. The molecule has 0 aliphatic carbocycles. The number of amides is 3. The lowest BCUT2D eigenvalue weighted by Crippen LogP contribution is -2.44. The Bertz CT molecular complexity index is 722. The second-order valence-corrected chi connectivity index (χ2v) is 6.60. The van der Waals surface area contributed by atoms with E-state index in [1.54, 1.807) is 4.90 Å². The van der Waals surface area contributed by atoms with Crippen molar-refractivity contribution in [1.29, 1.82) is 0 Å². The van der Waals surface area contributed by atoms with Gasteiger partial charge in [0.1, 0.15) is 0 Å². The lowest BCUT2D eigenvalue weighted by atomic mass is 9.93. The number of nitrogens with one attached hydrogen (secondary N) is 2. The molecule has 0 unspecified atom stereocenters. The molecule has 24 heavy (non-hydrogen) atoms. The number of urea groups is 1. The van der Waals surface area contributed by atoms with Gasteiger partial charge in [-0.1, -0.05) is 24.3 Å².